The lowest BCUT2D eigenvalue weighted by atomic mass is 10.2. The average Bonchev–Trinajstić information content (AvgIpc) is 2.97. The van der Waals surface area contributed by atoms with Crippen molar-refractivity contribution in [1.29, 1.82) is 0 Å². The maximum atomic E-state index is 13.0. The van der Waals surface area contributed by atoms with Crippen molar-refractivity contribution in [2.24, 2.45) is 0 Å². The van der Waals surface area contributed by atoms with Crippen LogP contribution >= 0.6 is 0 Å². The van der Waals surface area contributed by atoms with Gasteiger partial charge < -0.3 is 13.3 Å². The van der Waals surface area contributed by atoms with Gasteiger partial charge in [0, 0.05) is 32.9 Å². The first-order valence-electron chi connectivity index (χ1n) is 9.16. The van der Waals surface area contributed by atoms with E-state index in [1.807, 2.05) is 33.4 Å². The molecule has 1 aliphatic heterocycles. The molecular formula is C19H29NO5SSi. The minimum Gasteiger partial charge on any atom is -0.371 e. The highest BCUT2D eigenvalue weighted by atomic mass is 32.2. The van der Waals surface area contributed by atoms with E-state index in [4.69, 9.17) is 13.3 Å². The van der Waals surface area contributed by atoms with E-state index in [-0.39, 0.29) is 18.0 Å². The first-order valence-corrected chi connectivity index (χ1v) is 12.4. The zero-order valence-electron chi connectivity index (χ0n) is 16.5. The molecule has 6 nitrogen and oxygen atoms in total. The predicted octanol–water partition coefficient (Wildman–Crippen LogP) is 3.07. The second kappa shape index (κ2) is 9.27. The van der Waals surface area contributed by atoms with E-state index >= 15 is 0 Å². The Morgan fingerprint density at radius 2 is 1.56 bits per heavy atom. The maximum Gasteiger partial charge on any atom is 0.529 e. The molecule has 27 heavy (non-hydrogen) atoms. The normalized spacial score (nSPS) is 17.8. The van der Waals surface area contributed by atoms with Crippen molar-refractivity contribution in [3.63, 3.8) is 0 Å². The molecule has 0 bridgehead atoms. The fourth-order valence-corrected chi connectivity index (χ4v) is 6.76. The second-order valence-corrected chi connectivity index (χ2v) is 10.6. The quantitative estimate of drug-likeness (QED) is 0.584. The molecule has 0 radical (unpaired) electrons. The Labute approximate surface area is 163 Å². The van der Waals surface area contributed by atoms with E-state index in [1.54, 1.807) is 24.3 Å². The highest BCUT2D eigenvalue weighted by Crippen LogP contribution is 2.29. The molecule has 0 unspecified atom stereocenters. The Bertz CT molecular complexity index is 772. The molecule has 1 heterocycles. The fraction of sp³-hybridized carbons (Fsp3) is 0.474. The van der Waals surface area contributed by atoms with Crippen LogP contribution in [0, 0.1) is 6.92 Å². The van der Waals surface area contributed by atoms with Gasteiger partial charge in [-0.15, -0.1) is 0 Å². The lowest BCUT2D eigenvalue weighted by Gasteiger charge is -2.26. The van der Waals surface area contributed by atoms with E-state index in [2.05, 4.69) is 6.58 Å². The summed E-state index contributed by atoms with van der Waals surface area (Å²) in [6, 6.07) is 6.86. The summed E-state index contributed by atoms with van der Waals surface area (Å²) >= 11 is 0. The molecule has 0 amide bonds. The molecule has 1 aromatic rings. The molecule has 8 heteroatoms. The summed E-state index contributed by atoms with van der Waals surface area (Å²) < 4.78 is 44.9. The van der Waals surface area contributed by atoms with Crippen molar-refractivity contribution in [3.05, 3.63) is 53.3 Å². The zero-order chi connectivity index (χ0) is 20.1. The van der Waals surface area contributed by atoms with Crippen LogP contribution in [0.25, 0.3) is 0 Å². The number of sulfonamides is 1. The monoisotopic (exact) mass is 411 g/mol. The van der Waals surface area contributed by atoms with Crippen molar-refractivity contribution in [1.82, 2.24) is 4.31 Å². The summed E-state index contributed by atoms with van der Waals surface area (Å²) in [5.41, 5.74) is 4.40. The molecular weight excluding hydrogens is 382 g/mol. The van der Waals surface area contributed by atoms with Crippen LogP contribution in [0.1, 0.15) is 26.3 Å². The number of hydrogen-bond acceptors (Lipinski definition) is 5. The lowest BCUT2D eigenvalue weighted by molar-refractivity contribution is 0.0840. The Balaban J connectivity index is 2.31. The number of benzene rings is 1. The van der Waals surface area contributed by atoms with Crippen molar-refractivity contribution in [2.45, 2.75) is 32.6 Å². The second-order valence-electron chi connectivity index (χ2n) is 6.26. The number of aryl methyl sites for hydroxylation is 1. The van der Waals surface area contributed by atoms with Crippen molar-refractivity contribution < 1.29 is 21.7 Å². The average molecular weight is 412 g/mol. The van der Waals surface area contributed by atoms with Crippen molar-refractivity contribution in [3.8, 4) is 0 Å². The van der Waals surface area contributed by atoms with Crippen LogP contribution in [-0.2, 0) is 23.3 Å². The van der Waals surface area contributed by atoms with Crippen LogP contribution in [0.4, 0.5) is 0 Å². The first-order chi connectivity index (χ1) is 12.8. The number of rotatable bonds is 9. The van der Waals surface area contributed by atoms with Gasteiger partial charge in [-0.25, -0.2) is 8.42 Å². The summed E-state index contributed by atoms with van der Waals surface area (Å²) in [6.07, 6.45) is 0. The summed E-state index contributed by atoms with van der Waals surface area (Å²) in [7, 11) is -6.61. The van der Waals surface area contributed by atoms with E-state index in [0.29, 0.717) is 19.8 Å². The van der Waals surface area contributed by atoms with Gasteiger partial charge in [-0.05, 0) is 56.7 Å². The molecule has 2 rings (SSSR count). The van der Waals surface area contributed by atoms with E-state index in [0.717, 1.165) is 16.7 Å². The minimum absolute atomic E-state index is 0.233. The van der Waals surface area contributed by atoms with E-state index in [9.17, 15) is 8.42 Å². The van der Waals surface area contributed by atoms with Crippen LogP contribution in [0.2, 0.25) is 0 Å². The molecule has 0 saturated carbocycles. The Morgan fingerprint density at radius 1 is 1.04 bits per heavy atom. The summed E-state index contributed by atoms with van der Waals surface area (Å²) in [4.78, 5) is 0.282. The molecule has 0 aromatic heterocycles. The summed E-state index contributed by atoms with van der Waals surface area (Å²) in [5, 5.41) is 0. The third kappa shape index (κ3) is 5.16. The molecule has 0 atom stereocenters. The van der Waals surface area contributed by atoms with Gasteiger partial charge in [0.05, 0.1) is 4.90 Å². The van der Waals surface area contributed by atoms with Gasteiger partial charge in [0.15, 0.2) is 0 Å². The lowest BCUT2D eigenvalue weighted by Crippen LogP contribution is -2.45. The van der Waals surface area contributed by atoms with Gasteiger partial charge in [0.2, 0.25) is 10.0 Å². The van der Waals surface area contributed by atoms with Crippen LogP contribution < -0.4 is 0 Å². The zero-order valence-corrected chi connectivity index (χ0v) is 18.3. The summed E-state index contributed by atoms with van der Waals surface area (Å²) in [6.45, 7) is 13.5. The first kappa shape index (κ1) is 22.0. The van der Waals surface area contributed by atoms with Gasteiger partial charge in [-0.2, -0.15) is 4.31 Å². The topological polar surface area (TPSA) is 65.1 Å². The van der Waals surface area contributed by atoms with Gasteiger partial charge in [-0.3, -0.25) is 0 Å². The standard InChI is InChI=1S/C19H29NO5SSi/c1-6-23-27(24-7-2,25-8-3)15-18-14-20(13-17(18)5)26(21,22)19-11-9-16(4)10-12-19/h9-12,15H,5-8,13-14H2,1-4H3/b18-15-. The van der Waals surface area contributed by atoms with Crippen LogP contribution in [0.3, 0.4) is 0 Å². The van der Waals surface area contributed by atoms with Gasteiger partial charge in [-0.1, -0.05) is 24.3 Å². The van der Waals surface area contributed by atoms with Crippen LogP contribution in [-0.4, -0.2) is 54.4 Å². The SMILES string of the molecule is C=C1CN(S(=O)(=O)c2ccc(C)cc2)C/C1=C/[Si](OCC)(OCC)OCC. The molecule has 0 aliphatic carbocycles. The summed E-state index contributed by atoms with van der Waals surface area (Å²) in [5.74, 6) is 0. The van der Waals surface area contributed by atoms with E-state index < -0.39 is 18.8 Å². The predicted molar refractivity (Wildman–Crippen MR) is 108 cm³/mol. The molecule has 1 aromatic carbocycles. The minimum atomic E-state index is -3.59. The molecule has 1 fully saturated rings. The molecule has 0 N–H and O–H groups in total. The largest absolute Gasteiger partial charge is 0.529 e. The molecule has 1 saturated heterocycles. The number of hydrogen-bond donors (Lipinski definition) is 0. The van der Waals surface area contributed by atoms with Crippen LogP contribution in [0.5, 0.6) is 0 Å². The maximum absolute atomic E-state index is 13.0. The van der Waals surface area contributed by atoms with Gasteiger partial charge in [0.1, 0.15) is 0 Å². The van der Waals surface area contributed by atoms with Gasteiger partial charge >= 0.3 is 8.80 Å². The third-order valence-electron chi connectivity index (χ3n) is 4.21. The van der Waals surface area contributed by atoms with Crippen LogP contribution in [0.15, 0.2) is 52.6 Å². The third-order valence-corrected chi connectivity index (χ3v) is 8.80. The van der Waals surface area contributed by atoms with Gasteiger partial charge in [0.25, 0.3) is 0 Å². The fourth-order valence-electron chi connectivity index (χ4n) is 2.92. The Kier molecular flexibility index (Phi) is 7.55. The van der Waals surface area contributed by atoms with Crippen molar-refractivity contribution >= 4 is 18.8 Å². The number of nitrogens with zero attached hydrogens (tertiary/aromatic N) is 1. The Hall–Kier alpha value is -1.29. The molecule has 0 spiro atoms. The highest BCUT2D eigenvalue weighted by Gasteiger charge is 2.41. The van der Waals surface area contributed by atoms with E-state index in [1.165, 1.54) is 4.31 Å². The Morgan fingerprint density at radius 3 is 2.04 bits per heavy atom. The molecule has 1 aliphatic rings. The van der Waals surface area contributed by atoms with Crippen molar-refractivity contribution in [2.75, 3.05) is 32.9 Å². The molecule has 150 valence electrons. The highest BCUT2D eigenvalue weighted by molar-refractivity contribution is 7.89. The smallest absolute Gasteiger partial charge is 0.371 e.